The lowest BCUT2D eigenvalue weighted by Crippen LogP contribution is -2.39. The summed E-state index contributed by atoms with van der Waals surface area (Å²) in [5.41, 5.74) is 1.33. The molecule has 0 unspecified atom stereocenters. The Labute approximate surface area is 130 Å². The number of carboxylic acids is 1. The van der Waals surface area contributed by atoms with Crippen LogP contribution in [-0.4, -0.2) is 32.8 Å². The van der Waals surface area contributed by atoms with Gasteiger partial charge >= 0.3 is 5.97 Å². The van der Waals surface area contributed by atoms with Crippen LogP contribution in [0.3, 0.4) is 0 Å². The third-order valence-corrected chi connectivity index (χ3v) is 4.29. The number of hydrogen-bond donors (Lipinski definition) is 2. The summed E-state index contributed by atoms with van der Waals surface area (Å²) >= 11 is 0. The second kappa shape index (κ2) is 6.10. The molecule has 1 saturated carbocycles. The zero-order valence-electron chi connectivity index (χ0n) is 13.7. The number of carbonyl (C=O) groups excluding carboxylic acids is 1. The Morgan fingerprint density at radius 2 is 1.86 bits per heavy atom. The fourth-order valence-corrected chi connectivity index (χ4v) is 2.79. The SMILES string of the molecule is Cn1nc(C(C)(C)C)cc1C(=O)NC1CCC(C(=O)O)CC1. The number of nitrogens with one attached hydrogen (secondary N) is 1. The Bertz CT molecular complexity index is 564. The summed E-state index contributed by atoms with van der Waals surface area (Å²) in [6.07, 6.45) is 2.68. The Morgan fingerprint density at radius 1 is 1.27 bits per heavy atom. The fraction of sp³-hybridized carbons (Fsp3) is 0.688. The molecule has 1 aromatic heterocycles. The Kier molecular flexibility index (Phi) is 4.58. The average Bonchev–Trinajstić information content (AvgIpc) is 2.81. The molecular weight excluding hydrogens is 282 g/mol. The predicted octanol–water partition coefficient (Wildman–Crippen LogP) is 2.09. The summed E-state index contributed by atoms with van der Waals surface area (Å²) < 4.78 is 1.61. The van der Waals surface area contributed by atoms with Crippen molar-refractivity contribution in [2.75, 3.05) is 0 Å². The van der Waals surface area contributed by atoms with Crippen LogP contribution in [0.15, 0.2) is 6.07 Å². The van der Waals surface area contributed by atoms with Crippen LogP contribution in [0.2, 0.25) is 0 Å². The lowest BCUT2D eigenvalue weighted by molar-refractivity contribution is -0.142. The molecule has 0 aromatic carbocycles. The van der Waals surface area contributed by atoms with Crippen molar-refractivity contribution in [2.45, 2.75) is 57.9 Å². The van der Waals surface area contributed by atoms with Crippen LogP contribution < -0.4 is 5.32 Å². The van der Waals surface area contributed by atoms with Gasteiger partial charge in [0.2, 0.25) is 0 Å². The summed E-state index contributed by atoms with van der Waals surface area (Å²) in [6.45, 7) is 6.18. The molecule has 1 heterocycles. The smallest absolute Gasteiger partial charge is 0.306 e. The molecule has 6 nitrogen and oxygen atoms in total. The van der Waals surface area contributed by atoms with Crippen molar-refractivity contribution in [3.05, 3.63) is 17.5 Å². The predicted molar refractivity (Wildman–Crippen MR) is 82.8 cm³/mol. The molecule has 0 saturated heterocycles. The van der Waals surface area contributed by atoms with Crippen molar-refractivity contribution < 1.29 is 14.7 Å². The second-order valence-electron chi connectivity index (χ2n) is 7.15. The first-order chi connectivity index (χ1) is 10.2. The molecular formula is C16H25N3O3. The van der Waals surface area contributed by atoms with Crippen molar-refractivity contribution in [3.63, 3.8) is 0 Å². The molecule has 2 rings (SSSR count). The zero-order valence-corrected chi connectivity index (χ0v) is 13.7. The third kappa shape index (κ3) is 3.67. The number of carboxylic acid groups (broad SMARTS) is 1. The molecule has 0 aliphatic heterocycles. The van der Waals surface area contributed by atoms with Crippen LogP contribution in [0.1, 0.15) is 62.6 Å². The van der Waals surface area contributed by atoms with Gasteiger partial charge in [-0.15, -0.1) is 0 Å². The van der Waals surface area contributed by atoms with Gasteiger partial charge in [-0.2, -0.15) is 5.10 Å². The minimum Gasteiger partial charge on any atom is -0.481 e. The number of aliphatic carboxylic acids is 1. The van der Waals surface area contributed by atoms with Gasteiger partial charge in [0.05, 0.1) is 11.6 Å². The number of aryl methyl sites for hydroxylation is 1. The maximum atomic E-state index is 12.4. The van der Waals surface area contributed by atoms with Crippen molar-refractivity contribution >= 4 is 11.9 Å². The molecule has 1 aliphatic rings. The van der Waals surface area contributed by atoms with Crippen LogP contribution in [-0.2, 0) is 17.3 Å². The maximum absolute atomic E-state index is 12.4. The molecule has 1 aromatic rings. The van der Waals surface area contributed by atoms with Crippen LogP contribution in [0, 0.1) is 5.92 Å². The number of rotatable bonds is 3. The number of hydrogen-bond acceptors (Lipinski definition) is 3. The van der Waals surface area contributed by atoms with Gasteiger partial charge in [-0.1, -0.05) is 20.8 Å². The van der Waals surface area contributed by atoms with E-state index in [1.807, 2.05) is 6.07 Å². The molecule has 0 radical (unpaired) electrons. The molecule has 22 heavy (non-hydrogen) atoms. The fourth-order valence-electron chi connectivity index (χ4n) is 2.79. The lowest BCUT2D eigenvalue weighted by Gasteiger charge is -2.26. The first-order valence-corrected chi connectivity index (χ1v) is 7.76. The van der Waals surface area contributed by atoms with Crippen LogP contribution in [0.5, 0.6) is 0 Å². The van der Waals surface area contributed by atoms with E-state index in [4.69, 9.17) is 5.11 Å². The quantitative estimate of drug-likeness (QED) is 0.895. The third-order valence-electron chi connectivity index (χ3n) is 4.29. The van der Waals surface area contributed by atoms with Crippen molar-refractivity contribution in [3.8, 4) is 0 Å². The van der Waals surface area contributed by atoms with Gasteiger partial charge in [0.25, 0.3) is 5.91 Å². The number of nitrogens with zero attached hydrogens (tertiary/aromatic N) is 2. The normalized spacial score (nSPS) is 22.4. The molecule has 122 valence electrons. The van der Waals surface area contributed by atoms with E-state index in [0.29, 0.717) is 31.4 Å². The highest BCUT2D eigenvalue weighted by atomic mass is 16.4. The number of aromatic nitrogens is 2. The van der Waals surface area contributed by atoms with Gasteiger partial charge in [-0.3, -0.25) is 14.3 Å². The van der Waals surface area contributed by atoms with Crippen LogP contribution in [0.4, 0.5) is 0 Å². The molecule has 6 heteroatoms. The van der Waals surface area contributed by atoms with Crippen LogP contribution in [0.25, 0.3) is 0 Å². The molecule has 1 aliphatic carbocycles. The summed E-state index contributed by atoms with van der Waals surface area (Å²) in [7, 11) is 1.77. The summed E-state index contributed by atoms with van der Waals surface area (Å²) in [6, 6.07) is 1.88. The first kappa shape index (κ1) is 16.5. The molecule has 0 bridgehead atoms. The maximum Gasteiger partial charge on any atom is 0.306 e. The first-order valence-electron chi connectivity index (χ1n) is 7.76. The van der Waals surface area contributed by atoms with Gasteiger partial charge in [-0.25, -0.2) is 0 Å². The minimum absolute atomic E-state index is 0.0519. The average molecular weight is 307 g/mol. The highest BCUT2D eigenvalue weighted by Gasteiger charge is 2.28. The van der Waals surface area contributed by atoms with Gasteiger partial charge in [0, 0.05) is 18.5 Å². The van der Waals surface area contributed by atoms with E-state index < -0.39 is 5.97 Å². The van der Waals surface area contributed by atoms with Crippen molar-refractivity contribution in [1.29, 1.82) is 0 Å². The van der Waals surface area contributed by atoms with Crippen LogP contribution >= 0.6 is 0 Å². The van der Waals surface area contributed by atoms with Gasteiger partial charge in [0.15, 0.2) is 0 Å². The van der Waals surface area contributed by atoms with E-state index in [2.05, 4.69) is 31.2 Å². The highest BCUT2D eigenvalue weighted by Crippen LogP contribution is 2.25. The van der Waals surface area contributed by atoms with E-state index in [1.54, 1.807) is 11.7 Å². The summed E-state index contributed by atoms with van der Waals surface area (Å²) in [5.74, 6) is -1.13. The lowest BCUT2D eigenvalue weighted by atomic mass is 9.86. The van der Waals surface area contributed by atoms with Crippen molar-refractivity contribution in [2.24, 2.45) is 13.0 Å². The minimum atomic E-state index is -0.730. The van der Waals surface area contributed by atoms with E-state index in [0.717, 1.165) is 5.69 Å². The van der Waals surface area contributed by atoms with Gasteiger partial charge < -0.3 is 10.4 Å². The topological polar surface area (TPSA) is 84.2 Å². The molecule has 1 amide bonds. The molecule has 2 N–H and O–H groups in total. The number of amides is 1. The zero-order chi connectivity index (χ0) is 16.5. The van der Waals surface area contributed by atoms with Crippen molar-refractivity contribution in [1.82, 2.24) is 15.1 Å². The molecule has 1 fully saturated rings. The van der Waals surface area contributed by atoms with Gasteiger partial charge in [0.1, 0.15) is 5.69 Å². The van der Waals surface area contributed by atoms with Gasteiger partial charge in [-0.05, 0) is 31.7 Å². The Balaban J connectivity index is 1.99. The summed E-state index contributed by atoms with van der Waals surface area (Å²) in [5, 5.41) is 16.4. The number of carbonyl (C=O) groups is 2. The highest BCUT2D eigenvalue weighted by molar-refractivity contribution is 5.93. The monoisotopic (exact) mass is 307 g/mol. The molecule has 0 atom stereocenters. The summed E-state index contributed by atoms with van der Waals surface area (Å²) in [4.78, 5) is 23.3. The van der Waals surface area contributed by atoms with E-state index in [1.165, 1.54) is 0 Å². The molecule has 0 spiro atoms. The standard InChI is InChI=1S/C16H25N3O3/c1-16(2,3)13-9-12(19(4)18-13)14(20)17-11-7-5-10(6-8-11)15(21)22/h9-11H,5-8H2,1-4H3,(H,17,20)(H,21,22). The van der Waals surface area contributed by atoms with E-state index in [9.17, 15) is 9.59 Å². The Morgan fingerprint density at radius 3 is 2.32 bits per heavy atom. The largest absolute Gasteiger partial charge is 0.481 e. The second-order valence-corrected chi connectivity index (χ2v) is 7.15. The van der Waals surface area contributed by atoms with E-state index >= 15 is 0 Å². The van der Waals surface area contributed by atoms with E-state index in [-0.39, 0.29) is 23.3 Å². The Hall–Kier alpha value is -1.85.